The number of hydrogen-bond acceptors (Lipinski definition) is 3. The van der Waals surface area contributed by atoms with Gasteiger partial charge in [0.05, 0.1) is 17.3 Å². The Morgan fingerprint density at radius 2 is 1.96 bits per heavy atom. The van der Waals surface area contributed by atoms with Gasteiger partial charge in [-0.25, -0.2) is 5.01 Å². The zero-order chi connectivity index (χ0) is 18.1. The number of amides is 2. The first kappa shape index (κ1) is 17.3. The summed E-state index contributed by atoms with van der Waals surface area (Å²) >= 11 is 6.01. The zero-order valence-corrected chi connectivity index (χ0v) is 15.1. The lowest BCUT2D eigenvalue weighted by Crippen LogP contribution is -2.36. The maximum absolute atomic E-state index is 13.0. The molecule has 1 unspecified atom stereocenters. The average molecular weight is 358 g/mol. The third-order valence-corrected chi connectivity index (χ3v) is 4.71. The second-order valence-corrected chi connectivity index (χ2v) is 6.62. The molecule has 0 spiro atoms. The van der Waals surface area contributed by atoms with E-state index in [1.807, 2.05) is 44.2 Å². The summed E-state index contributed by atoms with van der Waals surface area (Å²) < 4.78 is 0. The van der Waals surface area contributed by atoms with Crippen molar-refractivity contribution >= 4 is 34.8 Å². The van der Waals surface area contributed by atoms with Gasteiger partial charge in [-0.05, 0) is 48.7 Å². The summed E-state index contributed by atoms with van der Waals surface area (Å²) in [7, 11) is 1.58. The summed E-state index contributed by atoms with van der Waals surface area (Å²) in [5, 5.41) is 4.79. The molecule has 0 saturated heterocycles. The first-order valence-corrected chi connectivity index (χ1v) is 8.47. The van der Waals surface area contributed by atoms with E-state index in [9.17, 15) is 9.59 Å². The Labute approximate surface area is 151 Å². The van der Waals surface area contributed by atoms with Gasteiger partial charge < -0.3 is 5.32 Å². The minimum Gasteiger partial charge on any atom is -0.359 e. The molecule has 2 amide bonds. The molecule has 5 nitrogen and oxygen atoms in total. The quantitative estimate of drug-likeness (QED) is 0.879. The smallest absolute Gasteiger partial charge is 0.253 e. The van der Waals surface area contributed by atoms with Gasteiger partial charge in [0, 0.05) is 18.5 Å². The second kappa shape index (κ2) is 6.76. The molecule has 0 radical (unpaired) electrons. The molecule has 0 aromatic heterocycles. The highest BCUT2D eigenvalue weighted by atomic mass is 35.5. The van der Waals surface area contributed by atoms with E-state index in [1.165, 1.54) is 0 Å². The first-order valence-electron chi connectivity index (χ1n) is 8.09. The number of benzene rings is 2. The molecular formula is C19H20ClN3O2. The van der Waals surface area contributed by atoms with Gasteiger partial charge in [0.25, 0.3) is 5.91 Å². The number of carbonyl (C=O) groups is 2. The lowest BCUT2D eigenvalue weighted by Gasteiger charge is -2.23. The van der Waals surface area contributed by atoms with E-state index in [0.717, 1.165) is 28.1 Å². The molecule has 3 rings (SSSR count). The fourth-order valence-electron chi connectivity index (χ4n) is 3.14. The molecular weight excluding hydrogens is 338 g/mol. The molecule has 2 N–H and O–H groups in total. The van der Waals surface area contributed by atoms with Crippen LogP contribution in [-0.2, 0) is 9.59 Å². The molecule has 1 aliphatic heterocycles. The first-order chi connectivity index (χ1) is 11.9. The monoisotopic (exact) mass is 357 g/mol. The standard InChI is InChI=1S/C19H20ClN3O2/c1-11-5-4-6-14-15(10-17(24)21-3)19(25)23(18(11)14)22-16-8-7-13(20)9-12(16)2/h4-9,15,22H,10H2,1-3H3,(H,21,24). The van der Waals surface area contributed by atoms with Crippen molar-refractivity contribution in [3.05, 3.63) is 58.1 Å². The summed E-state index contributed by atoms with van der Waals surface area (Å²) in [6.07, 6.45) is 0.129. The highest BCUT2D eigenvalue weighted by Gasteiger charge is 2.39. The maximum Gasteiger partial charge on any atom is 0.253 e. The lowest BCUT2D eigenvalue weighted by atomic mass is 9.95. The largest absolute Gasteiger partial charge is 0.359 e. The van der Waals surface area contributed by atoms with E-state index in [4.69, 9.17) is 11.6 Å². The summed E-state index contributed by atoms with van der Waals surface area (Å²) in [5.74, 6) is -0.785. The number of hydrogen-bond donors (Lipinski definition) is 2. The van der Waals surface area contributed by atoms with E-state index in [2.05, 4.69) is 10.7 Å². The van der Waals surface area contributed by atoms with Crippen LogP contribution in [0.2, 0.25) is 5.02 Å². The van der Waals surface area contributed by atoms with Crippen LogP contribution >= 0.6 is 11.6 Å². The number of rotatable bonds is 4. The number of nitrogens with zero attached hydrogens (tertiary/aromatic N) is 1. The molecule has 0 saturated carbocycles. The molecule has 1 atom stereocenters. The highest BCUT2D eigenvalue weighted by Crippen LogP contribution is 2.41. The topological polar surface area (TPSA) is 61.4 Å². The van der Waals surface area contributed by atoms with Gasteiger partial charge in [-0.15, -0.1) is 0 Å². The fraction of sp³-hybridized carbons (Fsp3) is 0.263. The number of anilines is 2. The number of para-hydroxylation sites is 1. The van der Waals surface area contributed by atoms with Crippen molar-refractivity contribution in [3.8, 4) is 0 Å². The molecule has 25 heavy (non-hydrogen) atoms. The Kier molecular flexibility index (Phi) is 4.68. The van der Waals surface area contributed by atoms with Crippen molar-refractivity contribution in [2.75, 3.05) is 17.5 Å². The number of halogens is 1. The van der Waals surface area contributed by atoms with Gasteiger partial charge in [-0.2, -0.15) is 0 Å². The highest BCUT2D eigenvalue weighted by molar-refractivity contribution is 6.30. The van der Waals surface area contributed by atoms with Crippen molar-refractivity contribution in [1.82, 2.24) is 5.32 Å². The van der Waals surface area contributed by atoms with Gasteiger partial charge in [0.15, 0.2) is 0 Å². The van der Waals surface area contributed by atoms with Gasteiger partial charge in [0.1, 0.15) is 0 Å². The average Bonchev–Trinajstić information content (AvgIpc) is 2.84. The summed E-state index contributed by atoms with van der Waals surface area (Å²) in [4.78, 5) is 24.9. The second-order valence-electron chi connectivity index (χ2n) is 6.19. The fourth-order valence-corrected chi connectivity index (χ4v) is 3.36. The number of nitrogens with one attached hydrogen (secondary N) is 2. The van der Waals surface area contributed by atoms with Crippen molar-refractivity contribution in [2.24, 2.45) is 0 Å². The molecule has 6 heteroatoms. The van der Waals surface area contributed by atoms with Crippen LogP contribution in [0.3, 0.4) is 0 Å². The van der Waals surface area contributed by atoms with E-state index < -0.39 is 5.92 Å². The van der Waals surface area contributed by atoms with Crippen molar-refractivity contribution in [2.45, 2.75) is 26.2 Å². The molecule has 0 fully saturated rings. The van der Waals surface area contributed by atoms with Crippen molar-refractivity contribution in [1.29, 1.82) is 0 Å². The normalized spacial score (nSPS) is 15.9. The van der Waals surface area contributed by atoms with Gasteiger partial charge in [0.2, 0.25) is 5.91 Å². The minimum absolute atomic E-state index is 0.129. The third-order valence-electron chi connectivity index (χ3n) is 4.48. The third kappa shape index (κ3) is 3.20. The number of hydrazine groups is 1. The molecule has 130 valence electrons. The number of carbonyl (C=O) groups excluding carboxylic acids is 2. The molecule has 0 aliphatic carbocycles. The van der Waals surface area contributed by atoms with Gasteiger partial charge in [-0.3, -0.25) is 15.0 Å². The van der Waals surface area contributed by atoms with Crippen LogP contribution < -0.4 is 15.8 Å². The Balaban J connectivity index is 2.00. The van der Waals surface area contributed by atoms with Gasteiger partial charge >= 0.3 is 0 Å². The Morgan fingerprint density at radius 1 is 1.20 bits per heavy atom. The SMILES string of the molecule is CNC(=O)CC1C(=O)N(Nc2ccc(Cl)cc2C)c2c(C)cccc21. The van der Waals surface area contributed by atoms with Crippen LogP contribution in [0.1, 0.15) is 29.0 Å². The summed E-state index contributed by atoms with van der Waals surface area (Å²) in [5.41, 5.74) is 7.59. The van der Waals surface area contributed by atoms with Gasteiger partial charge in [-0.1, -0.05) is 29.8 Å². The Bertz CT molecular complexity index is 851. The van der Waals surface area contributed by atoms with Crippen LogP contribution in [0.25, 0.3) is 0 Å². The molecule has 0 bridgehead atoms. The minimum atomic E-state index is -0.491. The molecule has 1 aliphatic rings. The number of aryl methyl sites for hydroxylation is 2. The molecule has 2 aromatic rings. The predicted molar refractivity (Wildman–Crippen MR) is 99.9 cm³/mol. The zero-order valence-electron chi connectivity index (χ0n) is 14.4. The van der Waals surface area contributed by atoms with Crippen molar-refractivity contribution < 1.29 is 9.59 Å². The maximum atomic E-state index is 13.0. The van der Waals surface area contributed by atoms with E-state index in [1.54, 1.807) is 18.1 Å². The van der Waals surface area contributed by atoms with Crippen LogP contribution in [0, 0.1) is 13.8 Å². The van der Waals surface area contributed by atoms with Crippen LogP contribution in [0.4, 0.5) is 11.4 Å². The van der Waals surface area contributed by atoms with E-state index >= 15 is 0 Å². The predicted octanol–water partition coefficient (Wildman–Crippen LogP) is 3.55. The number of fused-ring (bicyclic) bond motifs is 1. The summed E-state index contributed by atoms with van der Waals surface area (Å²) in [6.45, 7) is 3.88. The molecule has 2 aromatic carbocycles. The lowest BCUT2D eigenvalue weighted by molar-refractivity contribution is -0.125. The molecule has 1 heterocycles. The van der Waals surface area contributed by atoms with Crippen molar-refractivity contribution in [3.63, 3.8) is 0 Å². The van der Waals surface area contributed by atoms with Crippen LogP contribution in [0.5, 0.6) is 0 Å². The summed E-state index contributed by atoms with van der Waals surface area (Å²) in [6, 6.07) is 11.2. The van der Waals surface area contributed by atoms with E-state index in [0.29, 0.717) is 5.02 Å². The Hall–Kier alpha value is -2.53. The van der Waals surface area contributed by atoms with Crippen LogP contribution in [-0.4, -0.2) is 18.9 Å². The van der Waals surface area contributed by atoms with E-state index in [-0.39, 0.29) is 18.2 Å². The van der Waals surface area contributed by atoms with Crippen LogP contribution in [0.15, 0.2) is 36.4 Å². The Morgan fingerprint density at radius 3 is 2.64 bits per heavy atom.